The Kier molecular flexibility index (Phi) is 4.22. The van der Waals surface area contributed by atoms with Gasteiger partial charge in [-0.3, -0.25) is 4.79 Å². The van der Waals surface area contributed by atoms with E-state index < -0.39 is 12.3 Å². The molecule has 1 rings (SSSR count). The second-order valence-electron chi connectivity index (χ2n) is 3.05. The van der Waals surface area contributed by atoms with Crippen LogP contribution in [0.1, 0.15) is 0 Å². The SMILES string of the molecule is COc1ccc(N(N)C(=O)C(F)F)c(OC)c1. The molecule has 0 unspecified atom stereocenters. The molecular weight excluding hydrogens is 234 g/mol. The molecule has 0 aliphatic carbocycles. The van der Waals surface area contributed by atoms with Crippen LogP contribution in [0.3, 0.4) is 0 Å². The fraction of sp³-hybridized carbons (Fsp3) is 0.300. The van der Waals surface area contributed by atoms with Gasteiger partial charge in [0.1, 0.15) is 17.2 Å². The number of benzene rings is 1. The van der Waals surface area contributed by atoms with Gasteiger partial charge in [-0.1, -0.05) is 0 Å². The minimum atomic E-state index is -3.17. The van der Waals surface area contributed by atoms with E-state index in [9.17, 15) is 13.6 Å². The van der Waals surface area contributed by atoms with Crippen molar-refractivity contribution in [2.24, 2.45) is 5.84 Å². The first-order chi connectivity index (χ1) is 8.01. The Hall–Kier alpha value is -1.89. The van der Waals surface area contributed by atoms with Crippen LogP contribution in [0.2, 0.25) is 0 Å². The number of halogens is 2. The highest BCUT2D eigenvalue weighted by Crippen LogP contribution is 2.31. The van der Waals surface area contributed by atoms with Crippen molar-refractivity contribution >= 4 is 11.6 Å². The number of carbonyl (C=O) groups is 1. The number of nitrogens with two attached hydrogens (primary N) is 1. The summed E-state index contributed by atoms with van der Waals surface area (Å²) < 4.78 is 34.3. The summed E-state index contributed by atoms with van der Waals surface area (Å²) in [7, 11) is 2.78. The first-order valence-electron chi connectivity index (χ1n) is 4.60. The second kappa shape index (κ2) is 5.44. The zero-order chi connectivity index (χ0) is 13.0. The standard InChI is InChI=1S/C10H12F2N2O3/c1-16-6-3-4-7(8(5-6)17-2)14(13)10(15)9(11)12/h3-5,9H,13H2,1-2H3. The molecule has 94 valence electrons. The second-order valence-corrected chi connectivity index (χ2v) is 3.05. The van der Waals surface area contributed by atoms with E-state index in [1.807, 2.05) is 0 Å². The van der Waals surface area contributed by atoms with Gasteiger partial charge in [0.15, 0.2) is 0 Å². The summed E-state index contributed by atoms with van der Waals surface area (Å²) in [4.78, 5) is 11.0. The number of methoxy groups -OCH3 is 2. The summed E-state index contributed by atoms with van der Waals surface area (Å²) in [6, 6.07) is 4.28. The maximum Gasteiger partial charge on any atom is 0.317 e. The number of carbonyl (C=O) groups excluding carboxylic acids is 1. The number of nitrogens with zero attached hydrogens (tertiary/aromatic N) is 1. The summed E-state index contributed by atoms with van der Waals surface area (Å²) in [5.41, 5.74) is 0.0404. The van der Waals surface area contributed by atoms with Crippen LogP contribution in [0.15, 0.2) is 18.2 Å². The highest BCUT2D eigenvalue weighted by molar-refractivity contribution is 5.95. The molecule has 0 fully saturated rings. The zero-order valence-corrected chi connectivity index (χ0v) is 9.31. The number of hydrogen-bond acceptors (Lipinski definition) is 4. The van der Waals surface area contributed by atoms with Crippen molar-refractivity contribution in [2.75, 3.05) is 19.2 Å². The van der Waals surface area contributed by atoms with Crippen LogP contribution in [-0.4, -0.2) is 26.6 Å². The molecule has 0 atom stereocenters. The number of anilines is 1. The first kappa shape index (κ1) is 13.2. The van der Waals surface area contributed by atoms with Crippen LogP contribution < -0.4 is 20.3 Å². The van der Waals surface area contributed by atoms with E-state index in [1.54, 1.807) is 0 Å². The Morgan fingerprint density at radius 2 is 2.00 bits per heavy atom. The van der Waals surface area contributed by atoms with Gasteiger partial charge in [0.05, 0.1) is 14.2 Å². The van der Waals surface area contributed by atoms with Crippen LogP contribution in [0.25, 0.3) is 0 Å². The van der Waals surface area contributed by atoms with Gasteiger partial charge in [-0.2, -0.15) is 8.78 Å². The van der Waals surface area contributed by atoms with Crippen LogP contribution in [0.5, 0.6) is 11.5 Å². The van der Waals surface area contributed by atoms with E-state index >= 15 is 0 Å². The molecule has 0 aromatic heterocycles. The minimum Gasteiger partial charge on any atom is -0.497 e. The van der Waals surface area contributed by atoms with Crippen molar-refractivity contribution in [3.8, 4) is 11.5 Å². The lowest BCUT2D eigenvalue weighted by atomic mass is 10.2. The summed E-state index contributed by atoms with van der Waals surface area (Å²) >= 11 is 0. The maximum absolute atomic E-state index is 12.2. The number of hydrazine groups is 1. The molecule has 0 radical (unpaired) electrons. The van der Waals surface area contributed by atoms with Gasteiger partial charge >= 0.3 is 12.3 Å². The molecule has 0 saturated carbocycles. The van der Waals surface area contributed by atoms with Crippen molar-refractivity contribution in [2.45, 2.75) is 6.43 Å². The molecule has 0 bridgehead atoms. The Morgan fingerprint density at radius 1 is 1.35 bits per heavy atom. The van der Waals surface area contributed by atoms with Crippen molar-refractivity contribution in [1.29, 1.82) is 0 Å². The van der Waals surface area contributed by atoms with Crippen molar-refractivity contribution < 1.29 is 23.0 Å². The van der Waals surface area contributed by atoms with E-state index in [-0.39, 0.29) is 11.4 Å². The summed E-state index contributed by atoms with van der Waals surface area (Å²) in [6.45, 7) is 0. The number of hydrogen-bond donors (Lipinski definition) is 1. The Balaban J connectivity index is 3.09. The molecule has 0 spiro atoms. The molecule has 7 heteroatoms. The summed E-state index contributed by atoms with van der Waals surface area (Å²) in [5.74, 6) is 4.41. The van der Waals surface area contributed by atoms with Gasteiger partial charge in [0.2, 0.25) is 0 Å². The minimum absolute atomic E-state index is 0.0404. The Bertz CT molecular complexity index is 413. The first-order valence-corrected chi connectivity index (χ1v) is 4.60. The highest BCUT2D eigenvalue weighted by atomic mass is 19.3. The number of ether oxygens (including phenoxy) is 2. The highest BCUT2D eigenvalue weighted by Gasteiger charge is 2.24. The predicted molar refractivity (Wildman–Crippen MR) is 57.2 cm³/mol. The van der Waals surface area contributed by atoms with Crippen LogP contribution in [0.4, 0.5) is 14.5 Å². The summed E-state index contributed by atoms with van der Waals surface area (Å²) in [6.07, 6.45) is -3.17. The third-order valence-electron chi connectivity index (χ3n) is 2.07. The van der Waals surface area contributed by atoms with Gasteiger partial charge in [0, 0.05) is 6.07 Å². The fourth-order valence-electron chi connectivity index (χ4n) is 1.21. The summed E-state index contributed by atoms with van der Waals surface area (Å²) in [5, 5.41) is 0.350. The average Bonchev–Trinajstić information content (AvgIpc) is 2.35. The molecule has 1 amide bonds. The molecule has 0 aliphatic rings. The molecular formula is C10H12F2N2O3. The fourth-order valence-corrected chi connectivity index (χ4v) is 1.21. The molecule has 0 heterocycles. The topological polar surface area (TPSA) is 64.8 Å². The predicted octanol–water partition coefficient (Wildman–Crippen LogP) is 1.18. The van der Waals surface area contributed by atoms with Gasteiger partial charge in [-0.15, -0.1) is 0 Å². The van der Waals surface area contributed by atoms with Gasteiger partial charge in [-0.05, 0) is 12.1 Å². The third kappa shape index (κ3) is 2.82. The lowest BCUT2D eigenvalue weighted by molar-refractivity contribution is -0.129. The molecule has 0 aliphatic heterocycles. The monoisotopic (exact) mass is 246 g/mol. The van der Waals surface area contributed by atoms with Gasteiger partial charge in [-0.25, -0.2) is 10.9 Å². The maximum atomic E-state index is 12.2. The smallest absolute Gasteiger partial charge is 0.317 e. The zero-order valence-electron chi connectivity index (χ0n) is 9.31. The number of alkyl halides is 2. The Morgan fingerprint density at radius 3 is 2.47 bits per heavy atom. The van der Waals surface area contributed by atoms with E-state index in [0.29, 0.717) is 10.8 Å². The van der Waals surface area contributed by atoms with Gasteiger partial charge < -0.3 is 9.47 Å². The average molecular weight is 246 g/mol. The van der Waals surface area contributed by atoms with Crippen molar-refractivity contribution in [1.82, 2.24) is 0 Å². The van der Waals surface area contributed by atoms with E-state index in [1.165, 1.54) is 32.4 Å². The van der Waals surface area contributed by atoms with Crippen LogP contribution >= 0.6 is 0 Å². The van der Waals surface area contributed by atoms with Gasteiger partial charge in [0.25, 0.3) is 0 Å². The number of rotatable bonds is 4. The lowest BCUT2D eigenvalue weighted by Gasteiger charge is -2.19. The van der Waals surface area contributed by atoms with Crippen LogP contribution in [0, 0.1) is 0 Å². The quantitative estimate of drug-likeness (QED) is 0.492. The Labute approximate surface area is 96.7 Å². The van der Waals surface area contributed by atoms with E-state index in [2.05, 4.69) is 0 Å². The van der Waals surface area contributed by atoms with Crippen molar-refractivity contribution in [3.63, 3.8) is 0 Å². The molecule has 0 saturated heterocycles. The lowest BCUT2D eigenvalue weighted by Crippen LogP contribution is -2.41. The van der Waals surface area contributed by atoms with E-state index in [0.717, 1.165) is 0 Å². The molecule has 1 aromatic rings. The van der Waals surface area contributed by atoms with Crippen molar-refractivity contribution in [3.05, 3.63) is 18.2 Å². The molecule has 1 aromatic carbocycles. The molecule has 2 N–H and O–H groups in total. The molecule has 17 heavy (non-hydrogen) atoms. The van der Waals surface area contributed by atoms with Crippen LogP contribution in [-0.2, 0) is 4.79 Å². The largest absolute Gasteiger partial charge is 0.497 e. The normalized spacial score (nSPS) is 10.2. The number of amides is 1. The van der Waals surface area contributed by atoms with E-state index in [4.69, 9.17) is 15.3 Å². The molecule has 5 nitrogen and oxygen atoms in total. The third-order valence-corrected chi connectivity index (χ3v) is 2.07.